The first kappa shape index (κ1) is 20.7. The van der Waals surface area contributed by atoms with Crippen molar-refractivity contribution in [3.8, 4) is 10.6 Å². The Labute approximate surface area is 195 Å². The van der Waals surface area contributed by atoms with Gasteiger partial charge in [-0.25, -0.2) is 9.97 Å². The zero-order chi connectivity index (χ0) is 22.8. The summed E-state index contributed by atoms with van der Waals surface area (Å²) >= 11 is 1.54. The Kier molecular flexibility index (Phi) is 5.50. The number of imidazole rings is 1. The Bertz CT molecular complexity index is 1450. The number of fused-ring (bicyclic) bond motifs is 1. The van der Waals surface area contributed by atoms with Crippen molar-refractivity contribution in [1.29, 1.82) is 0 Å². The van der Waals surface area contributed by atoms with Crippen LogP contribution in [0.2, 0.25) is 0 Å². The van der Waals surface area contributed by atoms with E-state index in [0.29, 0.717) is 5.56 Å². The lowest BCUT2D eigenvalue weighted by Crippen LogP contribution is -2.13. The number of benzene rings is 2. The van der Waals surface area contributed by atoms with Crippen molar-refractivity contribution in [2.75, 3.05) is 23.0 Å². The summed E-state index contributed by atoms with van der Waals surface area (Å²) in [5.74, 6) is -0.178. The summed E-state index contributed by atoms with van der Waals surface area (Å²) < 4.78 is 2.07. The van der Waals surface area contributed by atoms with Crippen LogP contribution >= 0.6 is 11.3 Å². The van der Waals surface area contributed by atoms with Gasteiger partial charge in [-0.05, 0) is 49.4 Å². The normalized spacial score (nSPS) is 10.8. The molecule has 2 aromatic carbocycles. The number of hydrogen-bond acceptors (Lipinski definition) is 6. The highest BCUT2D eigenvalue weighted by Gasteiger charge is 2.14. The van der Waals surface area contributed by atoms with Crippen LogP contribution in [0.4, 0.5) is 22.2 Å². The molecule has 3 aromatic heterocycles. The second-order valence-corrected chi connectivity index (χ2v) is 8.49. The van der Waals surface area contributed by atoms with Crippen molar-refractivity contribution in [3.05, 3.63) is 90.4 Å². The Hall–Kier alpha value is -4.17. The molecule has 0 saturated carbocycles. The number of amides is 1. The van der Waals surface area contributed by atoms with E-state index < -0.39 is 0 Å². The molecular formula is C25H22N6OS. The molecule has 0 radical (unpaired) electrons. The second-order valence-electron chi connectivity index (χ2n) is 7.46. The fraction of sp³-hybridized carbons (Fsp3) is 0.0800. The number of carbonyl (C=O) groups is 1. The van der Waals surface area contributed by atoms with Gasteiger partial charge in [-0.3, -0.25) is 9.20 Å². The van der Waals surface area contributed by atoms with Crippen LogP contribution in [0, 0.1) is 6.92 Å². The van der Waals surface area contributed by atoms with E-state index in [1.165, 1.54) is 0 Å². The number of carbonyl (C=O) groups excluding carboxylic acids is 1. The van der Waals surface area contributed by atoms with Gasteiger partial charge in [-0.15, -0.1) is 0 Å². The van der Waals surface area contributed by atoms with Gasteiger partial charge in [0.1, 0.15) is 5.65 Å². The molecule has 1 amide bonds. The summed E-state index contributed by atoms with van der Waals surface area (Å²) in [7, 11) is 1.83. The molecule has 0 saturated heterocycles. The third kappa shape index (κ3) is 4.16. The first-order chi connectivity index (χ1) is 16.1. The van der Waals surface area contributed by atoms with E-state index in [-0.39, 0.29) is 5.91 Å². The SMILES string of the molecule is CNc1ccccc1NC(=O)c1cccc(Nc2ncc(-c3c(C)nc4ccccn34)s2)c1. The molecule has 7 nitrogen and oxygen atoms in total. The second kappa shape index (κ2) is 8.76. The predicted octanol–water partition coefficient (Wildman–Crippen LogP) is 5.80. The first-order valence-corrected chi connectivity index (χ1v) is 11.3. The smallest absolute Gasteiger partial charge is 0.255 e. The van der Waals surface area contributed by atoms with E-state index in [9.17, 15) is 4.79 Å². The third-order valence-electron chi connectivity index (χ3n) is 5.26. The number of para-hydroxylation sites is 2. The minimum absolute atomic E-state index is 0.178. The standard InChI is InChI=1S/C25H22N6OS/c1-16-23(31-13-6-5-12-22(31)28-16)21-15-27-25(33-21)29-18-9-7-8-17(14-18)24(32)30-20-11-4-3-10-19(20)26-2/h3-15,26H,1-2H3,(H,27,29)(H,30,32). The molecule has 3 N–H and O–H groups in total. The van der Waals surface area contributed by atoms with Crippen LogP contribution in [0.5, 0.6) is 0 Å². The minimum Gasteiger partial charge on any atom is -0.386 e. The molecule has 3 heterocycles. The lowest BCUT2D eigenvalue weighted by atomic mass is 10.1. The maximum Gasteiger partial charge on any atom is 0.255 e. The quantitative estimate of drug-likeness (QED) is 0.302. The Morgan fingerprint density at radius 3 is 2.67 bits per heavy atom. The van der Waals surface area contributed by atoms with E-state index in [2.05, 4.69) is 30.3 Å². The maximum atomic E-state index is 12.8. The maximum absolute atomic E-state index is 12.8. The van der Waals surface area contributed by atoms with Gasteiger partial charge in [0, 0.05) is 30.7 Å². The fourth-order valence-corrected chi connectivity index (χ4v) is 4.65. The van der Waals surface area contributed by atoms with Gasteiger partial charge in [-0.2, -0.15) is 0 Å². The Morgan fingerprint density at radius 1 is 1.00 bits per heavy atom. The number of aromatic nitrogens is 3. The summed E-state index contributed by atoms with van der Waals surface area (Å²) in [6.45, 7) is 2.00. The van der Waals surface area contributed by atoms with Crippen molar-refractivity contribution in [2.24, 2.45) is 0 Å². The summed E-state index contributed by atoms with van der Waals surface area (Å²) in [5.41, 5.74) is 5.84. The minimum atomic E-state index is -0.178. The van der Waals surface area contributed by atoms with E-state index in [4.69, 9.17) is 0 Å². The molecule has 0 aliphatic heterocycles. The number of pyridine rings is 1. The molecule has 0 spiro atoms. The van der Waals surface area contributed by atoms with E-state index in [1.807, 2.05) is 87.0 Å². The number of anilines is 4. The van der Waals surface area contributed by atoms with Crippen LogP contribution < -0.4 is 16.0 Å². The lowest BCUT2D eigenvalue weighted by molar-refractivity contribution is 0.102. The van der Waals surface area contributed by atoms with Crippen LogP contribution in [0.3, 0.4) is 0 Å². The third-order valence-corrected chi connectivity index (χ3v) is 6.18. The molecule has 33 heavy (non-hydrogen) atoms. The largest absolute Gasteiger partial charge is 0.386 e. The van der Waals surface area contributed by atoms with Crippen LogP contribution in [-0.2, 0) is 0 Å². The predicted molar refractivity (Wildman–Crippen MR) is 135 cm³/mol. The monoisotopic (exact) mass is 454 g/mol. The van der Waals surface area contributed by atoms with Gasteiger partial charge in [0.25, 0.3) is 5.91 Å². The molecule has 0 aliphatic rings. The van der Waals surface area contributed by atoms with Crippen molar-refractivity contribution in [1.82, 2.24) is 14.4 Å². The van der Waals surface area contributed by atoms with Gasteiger partial charge in [0.05, 0.1) is 27.6 Å². The molecule has 8 heteroatoms. The topological polar surface area (TPSA) is 83.3 Å². The van der Waals surface area contributed by atoms with Gasteiger partial charge in [0.15, 0.2) is 5.13 Å². The van der Waals surface area contributed by atoms with Gasteiger partial charge < -0.3 is 16.0 Å². The van der Waals surface area contributed by atoms with Crippen molar-refractivity contribution < 1.29 is 4.79 Å². The van der Waals surface area contributed by atoms with Crippen LogP contribution in [0.1, 0.15) is 16.1 Å². The molecule has 5 rings (SSSR count). The lowest BCUT2D eigenvalue weighted by Gasteiger charge is -2.11. The number of nitrogens with zero attached hydrogens (tertiary/aromatic N) is 3. The zero-order valence-corrected chi connectivity index (χ0v) is 19.0. The number of thiazole rings is 1. The molecule has 0 unspecified atom stereocenters. The van der Waals surface area contributed by atoms with Crippen molar-refractivity contribution in [2.45, 2.75) is 6.92 Å². The van der Waals surface area contributed by atoms with E-state index >= 15 is 0 Å². The van der Waals surface area contributed by atoms with Crippen molar-refractivity contribution in [3.63, 3.8) is 0 Å². The number of hydrogen-bond donors (Lipinski definition) is 3. The summed E-state index contributed by atoms with van der Waals surface area (Å²) in [6.07, 6.45) is 3.85. The van der Waals surface area contributed by atoms with Gasteiger partial charge >= 0.3 is 0 Å². The molecule has 164 valence electrons. The van der Waals surface area contributed by atoms with Crippen LogP contribution in [-0.4, -0.2) is 27.3 Å². The average Bonchev–Trinajstić information content (AvgIpc) is 3.42. The summed E-state index contributed by atoms with van der Waals surface area (Å²) in [4.78, 5) is 23.0. The summed E-state index contributed by atoms with van der Waals surface area (Å²) in [5, 5.41) is 10.1. The molecule has 0 fully saturated rings. The van der Waals surface area contributed by atoms with Gasteiger partial charge in [-0.1, -0.05) is 35.6 Å². The molecule has 5 aromatic rings. The zero-order valence-electron chi connectivity index (χ0n) is 18.2. The van der Waals surface area contributed by atoms with E-state index in [0.717, 1.165) is 44.1 Å². The highest BCUT2D eigenvalue weighted by atomic mass is 32.1. The molecule has 0 atom stereocenters. The average molecular weight is 455 g/mol. The highest BCUT2D eigenvalue weighted by molar-refractivity contribution is 7.18. The van der Waals surface area contributed by atoms with E-state index in [1.54, 1.807) is 17.4 Å². The molecule has 0 bridgehead atoms. The van der Waals surface area contributed by atoms with Crippen molar-refractivity contribution >= 4 is 45.1 Å². The number of aryl methyl sites for hydroxylation is 1. The van der Waals surface area contributed by atoms with Crippen LogP contribution in [0.25, 0.3) is 16.2 Å². The first-order valence-electron chi connectivity index (χ1n) is 10.5. The highest BCUT2D eigenvalue weighted by Crippen LogP contribution is 2.33. The Morgan fingerprint density at radius 2 is 1.82 bits per heavy atom. The number of nitrogens with one attached hydrogen (secondary N) is 3. The van der Waals surface area contributed by atoms with Gasteiger partial charge in [0.2, 0.25) is 0 Å². The van der Waals surface area contributed by atoms with Crippen LogP contribution in [0.15, 0.2) is 79.1 Å². The molecular weight excluding hydrogens is 432 g/mol. The summed E-state index contributed by atoms with van der Waals surface area (Å²) in [6, 6.07) is 20.9. The Balaban J connectivity index is 1.36. The number of rotatable bonds is 6. The fourth-order valence-electron chi connectivity index (χ4n) is 3.72. The molecule has 0 aliphatic carbocycles.